The molecule has 34 heavy (non-hydrogen) atoms. The van der Waals surface area contributed by atoms with Crippen LogP contribution in [0.25, 0.3) is 11.0 Å². The number of aryl methyl sites for hydroxylation is 1. The van der Waals surface area contributed by atoms with E-state index in [4.69, 9.17) is 9.15 Å². The van der Waals surface area contributed by atoms with Crippen molar-refractivity contribution < 1.29 is 31.9 Å². The lowest BCUT2D eigenvalue weighted by Gasteiger charge is -2.10. The number of hydrogen-bond acceptors (Lipinski definition) is 8. The average molecular weight is 480 g/mol. The van der Waals surface area contributed by atoms with E-state index in [0.29, 0.717) is 28.2 Å². The van der Waals surface area contributed by atoms with E-state index in [1.807, 2.05) is 0 Å². The van der Waals surface area contributed by atoms with Gasteiger partial charge in [0.1, 0.15) is 28.7 Å². The van der Waals surface area contributed by atoms with Crippen molar-refractivity contribution >= 4 is 38.5 Å². The largest absolute Gasteiger partial charge is 0.465 e. The van der Waals surface area contributed by atoms with Crippen molar-refractivity contribution in [2.24, 2.45) is 0 Å². The van der Waals surface area contributed by atoms with Crippen molar-refractivity contribution in [2.75, 3.05) is 18.7 Å². The first-order valence-corrected chi connectivity index (χ1v) is 11.9. The van der Waals surface area contributed by atoms with Crippen molar-refractivity contribution in [3.05, 3.63) is 77.7 Å². The number of esters is 1. The highest BCUT2D eigenvalue weighted by atomic mass is 32.2. The molecule has 4 rings (SSSR count). The molecule has 4 aromatic rings. The molecule has 0 unspecified atom stereocenters. The number of fused-ring (bicyclic) bond motifs is 1. The summed E-state index contributed by atoms with van der Waals surface area (Å²) >= 11 is 0. The zero-order valence-corrected chi connectivity index (χ0v) is 19.3. The molecule has 2 aromatic carbocycles. The third-order valence-corrected chi connectivity index (χ3v) is 6.02. The Balaban J connectivity index is 1.62. The fourth-order valence-electron chi connectivity index (χ4n) is 3.23. The number of ether oxygens (including phenoxy) is 2. The normalized spacial score (nSPS) is 11.3. The van der Waals surface area contributed by atoms with Gasteiger partial charge in [0.05, 0.1) is 23.0 Å². The molecule has 0 saturated heterocycles. The summed E-state index contributed by atoms with van der Waals surface area (Å²) in [7, 11) is -2.07. The Labute approximate surface area is 195 Å². The number of anilines is 1. The molecule has 0 atom stereocenters. The molecule has 174 valence electrons. The zero-order valence-electron chi connectivity index (χ0n) is 18.5. The number of hydrogen-bond donors (Lipinski definition) is 1. The number of amides is 1. The summed E-state index contributed by atoms with van der Waals surface area (Å²) in [6.45, 7) is 1.78. The molecule has 1 N–H and O–H groups in total. The predicted octanol–water partition coefficient (Wildman–Crippen LogP) is 4.37. The van der Waals surface area contributed by atoms with Gasteiger partial charge in [-0.2, -0.15) is 0 Å². The third kappa shape index (κ3) is 4.91. The van der Waals surface area contributed by atoms with Gasteiger partial charge in [-0.05, 0) is 61.5 Å². The number of pyridine rings is 1. The highest BCUT2D eigenvalue weighted by Crippen LogP contribution is 2.34. The smallest absolute Gasteiger partial charge is 0.339 e. The van der Waals surface area contributed by atoms with E-state index in [2.05, 4.69) is 15.0 Å². The first kappa shape index (κ1) is 23.0. The van der Waals surface area contributed by atoms with E-state index in [1.54, 1.807) is 25.1 Å². The van der Waals surface area contributed by atoms with Crippen LogP contribution in [0.5, 0.6) is 11.5 Å². The number of carbonyl (C=O) groups is 2. The monoisotopic (exact) mass is 480 g/mol. The Morgan fingerprint density at radius 3 is 2.35 bits per heavy atom. The molecule has 0 aliphatic rings. The number of furan rings is 1. The van der Waals surface area contributed by atoms with Crippen molar-refractivity contribution in [1.82, 2.24) is 4.98 Å². The van der Waals surface area contributed by atoms with Crippen molar-refractivity contribution in [2.45, 2.75) is 11.8 Å². The summed E-state index contributed by atoms with van der Waals surface area (Å²) < 4.78 is 39.7. The van der Waals surface area contributed by atoms with Gasteiger partial charge in [0.2, 0.25) is 0 Å². The lowest BCUT2D eigenvalue weighted by molar-refractivity contribution is 0.0600. The second-order valence-electron chi connectivity index (χ2n) is 7.47. The Morgan fingerprint density at radius 2 is 1.74 bits per heavy atom. The summed E-state index contributed by atoms with van der Waals surface area (Å²) in [6.07, 6.45) is 2.43. The Bertz CT molecular complexity index is 1490. The van der Waals surface area contributed by atoms with E-state index in [0.717, 1.165) is 6.26 Å². The van der Waals surface area contributed by atoms with Gasteiger partial charge in [0.25, 0.3) is 5.91 Å². The van der Waals surface area contributed by atoms with Crippen molar-refractivity contribution in [1.29, 1.82) is 0 Å². The molecule has 0 aliphatic carbocycles. The van der Waals surface area contributed by atoms with Gasteiger partial charge in [-0.25, -0.2) is 18.2 Å². The highest BCUT2D eigenvalue weighted by Gasteiger charge is 2.16. The number of benzene rings is 2. The van der Waals surface area contributed by atoms with E-state index in [9.17, 15) is 18.0 Å². The molecule has 2 heterocycles. The van der Waals surface area contributed by atoms with Crippen LogP contribution in [0.3, 0.4) is 0 Å². The number of sulfone groups is 1. The predicted molar refractivity (Wildman–Crippen MR) is 124 cm³/mol. The molecule has 0 aliphatic heterocycles. The van der Waals surface area contributed by atoms with Gasteiger partial charge in [-0.1, -0.05) is 0 Å². The minimum Gasteiger partial charge on any atom is -0.465 e. The number of rotatable bonds is 6. The molecule has 9 nitrogen and oxygen atoms in total. The molecule has 0 bridgehead atoms. The highest BCUT2D eigenvalue weighted by molar-refractivity contribution is 7.90. The van der Waals surface area contributed by atoms with Crippen LogP contribution in [-0.4, -0.2) is 38.6 Å². The van der Waals surface area contributed by atoms with Crippen LogP contribution in [0.2, 0.25) is 0 Å². The lowest BCUT2D eigenvalue weighted by Crippen LogP contribution is -2.13. The van der Waals surface area contributed by atoms with Gasteiger partial charge >= 0.3 is 5.97 Å². The lowest BCUT2D eigenvalue weighted by atomic mass is 10.1. The first-order chi connectivity index (χ1) is 16.1. The molecule has 10 heteroatoms. The number of nitrogens with one attached hydrogen (secondary N) is 1. The van der Waals surface area contributed by atoms with E-state index < -0.39 is 21.7 Å². The number of aromatic nitrogens is 1. The molecule has 0 radical (unpaired) electrons. The maximum absolute atomic E-state index is 12.9. The SMILES string of the molecule is COC(=O)c1ccc(NC(=O)c2cc(Oc3ccc(S(C)(=O)=O)cc3)c3cc(C)oc3c2)nc1. The standard InChI is InChI=1S/C24H20N2O7S/c1-14-10-19-20(32-14)11-16(23(27)26-22-9-4-15(13-25-22)24(28)31-2)12-21(19)33-17-5-7-18(8-6-17)34(3,29)30/h4-13H,1-3H3,(H,25,26,27). The van der Waals surface area contributed by atoms with E-state index in [1.165, 1.54) is 49.7 Å². The van der Waals surface area contributed by atoms with Crippen LogP contribution in [0.1, 0.15) is 26.5 Å². The van der Waals surface area contributed by atoms with Crippen molar-refractivity contribution in [3.8, 4) is 11.5 Å². The quantitative estimate of drug-likeness (QED) is 0.403. The van der Waals surface area contributed by atoms with Crippen LogP contribution in [0.4, 0.5) is 5.82 Å². The topological polar surface area (TPSA) is 125 Å². The first-order valence-electron chi connectivity index (χ1n) is 10.0. The van der Waals surface area contributed by atoms with Gasteiger partial charge in [0, 0.05) is 18.0 Å². The van der Waals surface area contributed by atoms with E-state index >= 15 is 0 Å². The average Bonchev–Trinajstić information content (AvgIpc) is 3.19. The number of nitrogens with zero attached hydrogens (tertiary/aromatic N) is 1. The molecule has 2 aromatic heterocycles. The molecular formula is C24H20N2O7S. The van der Waals surface area contributed by atoms with Crippen LogP contribution in [0.15, 0.2) is 70.1 Å². The maximum atomic E-state index is 12.9. The summed E-state index contributed by atoms with van der Waals surface area (Å²) in [4.78, 5) is 28.7. The van der Waals surface area contributed by atoms with Gasteiger partial charge in [-0.15, -0.1) is 0 Å². The van der Waals surface area contributed by atoms with Gasteiger partial charge in [0.15, 0.2) is 9.84 Å². The maximum Gasteiger partial charge on any atom is 0.339 e. The Kier molecular flexibility index (Phi) is 6.08. The Hall–Kier alpha value is -4.18. The molecule has 1 amide bonds. The fourth-order valence-corrected chi connectivity index (χ4v) is 3.86. The second kappa shape index (κ2) is 8.99. The van der Waals surface area contributed by atoms with Crippen molar-refractivity contribution in [3.63, 3.8) is 0 Å². The summed E-state index contributed by atoms with van der Waals surface area (Å²) in [5.41, 5.74) is 0.955. The summed E-state index contributed by atoms with van der Waals surface area (Å²) in [6, 6.07) is 13.9. The number of carbonyl (C=O) groups excluding carboxylic acids is 2. The summed E-state index contributed by atoms with van der Waals surface area (Å²) in [5, 5.41) is 3.32. The molecule has 0 saturated carbocycles. The Morgan fingerprint density at radius 1 is 1.00 bits per heavy atom. The molecular weight excluding hydrogens is 460 g/mol. The van der Waals surface area contributed by atoms with Crippen LogP contribution < -0.4 is 10.1 Å². The minimum absolute atomic E-state index is 0.169. The van der Waals surface area contributed by atoms with Gasteiger partial charge in [-0.3, -0.25) is 4.79 Å². The zero-order chi connectivity index (χ0) is 24.5. The third-order valence-electron chi connectivity index (χ3n) is 4.89. The minimum atomic E-state index is -3.34. The van der Waals surface area contributed by atoms with Gasteiger partial charge < -0.3 is 19.2 Å². The van der Waals surface area contributed by atoms with Crippen LogP contribution >= 0.6 is 0 Å². The molecule has 0 fully saturated rings. The summed E-state index contributed by atoms with van der Waals surface area (Å²) in [5.74, 6) is 0.629. The van der Waals surface area contributed by atoms with Crippen LogP contribution in [-0.2, 0) is 14.6 Å². The van der Waals surface area contributed by atoms with Crippen LogP contribution in [0, 0.1) is 6.92 Å². The fraction of sp³-hybridized carbons (Fsp3) is 0.125. The second-order valence-corrected chi connectivity index (χ2v) is 9.48. The molecule has 0 spiro atoms. The number of methoxy groups -OCH3 is 1. The van der Waals surface area contributed by atoms with E-state index in [-0.39, 0.29) is 21.8 Å².